The lowest BCUT2D eigenvalue weighted by Crippen LogP contribution is -2.43. The molecule has 4 rings (SSSR count). The highest BCUT2D eigenvalue weighted by atomic mass is 16.5. The summed E-state index contributed by atoms with van der Waals surface area (Å²) in [5.41, 5.74) is 3.15. The van der Waals surface area contributed by atoms with Crippen molar-refractivity contribution in [1.82, 2.24) is 14.9 Å². The minimum Gasteiger partial charge on any atom is -0.377 e. The van der Waals surface area contributed by atoms with Crippen LogP contribution < -0.4 is 4.90 Å². The van der Waals surface area contributed by atoms with Crippen molar-refractivity contribution in [1.29, 1.82) is 0 Å². The molecule has 0 radical (unpaired) electrons. The number of benzene rings is 1. The molecule has 6 heteroatoms. The molecule has 154 valence electrons. The zero-order chi connectivity index (χ0) is 20.4. The second-order valence-corrected chi connectivity index (χ2v) is 8.42. The van der Waals surface area contributed by atoms with Crippen molar-refractivity contribution in [2.45, 2.75) is 39.3 Å². The third-order valence-electron chi connectivity index (χ3n) is 6.11. The maximum Gasteiger partial charge on any atom is 0.225 e. The van der Waals surface area contributed by atoms with Crippen molar-refractivity contribution < 1.29 is 9.53 Å². The van der Waals surface area contributed by atoms with Gasteiger partial charge in [0.25, 0.3) is 0 Å². The van der Waals surface area contributed by atoms with Gasteiger partial charge < -0.3 is 14.5 Å². The lowest BCUT2D eigenvalue weighted by molar-refractivity contribution is -0.133. The van der Waals surface area contributed by atoms with Crippen LogP contribution in [0.5, 0.6) is 0 Å². The van der Waals surface area contributed by atoms with Gasteiger partial charge in [-0.1, -0.05) is 30.3 Å². The second kappa shape index (κ2) is 8.49. The van der Waals surface area contributed by atoms with Gasteiger partial charge in [0.2, 0.25) is 11.9 Å². The first-order chi connectivity index (χ1) is 14.0. The smallest absolute Gasteiger partial charge is 0.225 e. The summed E-state index contributed by atoms with van der Waals surface area (Å²) in [6.07, 6.45) is 1.50. The van der Waals surface area contributed by atoms with Gasteiger partial charge in [-0.05, 0) is 37.8 Å². The zero-order valence-electron chi connectivity index (χ0n) is 17.5. The fraction of sp³-hybridized carbons (Fsp3) is 0.522. The van der Waals surface area contributed by atoms with Crippen LogP contribution in [0.3, 0.4) is 0 Å². The highest BCUT2D eigenvalue weighted by Crippen LogP contribution is 2.37. The van der Waals surface area contributed by atoms with Gasteiger partial charge in [-0.2, -0.15) is 0 Å². The maximum atomic E-state index is 12.8. The predicted molar refractivity (Wildman–Crippen MR) is 113 cm³/mol. The molecular weight excluding hydrogens is 364 g/mol. The number of rotatable bonds is 5. The highest BCUT2D eigenvalue weighted by Gasteiger charge is 2.42. The molecule has 2 aliphatic heterocycles. The third-order valence-corrected chi connectivity index (χ3v) is 6.11. The normalized spacial score (nSPS) is 23.7. The van der Waals surface area contributed by atoms with Gasteiger partial charge in [0.15, 0.2) is 0 Å². The van der Waals surface area contributed by atoms with Crippen molar-refractivity contribution in [3.05, 3.63) is 53.3 Å². The number of aryl methyl sites for hydroxylation is 2. The van der Waals surface area contributed by atoms with Crippen LogP contribution >= 0.6 is 0 Å². The lowest BCUT2D eigenvalue weighted by Gasteiger charge is -2.36. The van der Waals surface area contributed by atoms with E-state index in [4.69, 9.17) is 4.74 Å². The molecule has 1 amide bonds. The SMILES string of the molecule is Cc1cc(C)nc(N2CC[C@@H]3[C@@H](CO[C@H]3CC(=O)N(C)Cc3ccccc3)C2)n1. The zero-order valence-corrected chi connectivity index (χ0v) is 17.5. The fourth-order valence-electron chi connectivity index (χ4n) is 4.60. The molecule has 3 atom stereocenters. The largest absolute Gasteiger partial charge is 0.377 e. The predicted octanol–water partition coefficient (Wildman–Crippen LogP) is 2.98. The quantitative estimate of drug-likeness (QED) is 0.780. The molecule has 0 aliphatic carbocycles. The average molecular weight is 395 g/mol. The van der Waals surface area contributed by atoms with Gasteiger partial charge in [-0.15, -0.1) is 0 Å². The Labute approximate surface area is 172 Å². The molecule has 29 heavy (non-hydrogen) atoms. The van der Waals surface area contributed by atoms with Gasteiger partial charge in [-0.3, -0.25) is 4.79 Å². The van der Waals surface area contributed by atoms with E-state index in [9.17, 15) is 4.79 Å². The number of hydrogen-bond donors (Lipinski definition) is 0. The first-order valence-corrected chi connectivity index (χ1v) is 10.5. The number of piperidine rings is 1. The van der Waals surface area contributed by atoms with E-state index in [1.54, 1.807) is 0 Å². The van der Waals surface area contributed by atoms with Crippen molar-refractivity contribution in [3.8, 4) is 0 Å². The van der Waals surface area contributed by atoms with E-state index in [-0.39, 0.29) is 12.0 Å². The van der Waals surface area contributed by atoms with Crippen molar-refractivity contribution >= 4 is 11.9 Å². The number of carbonyl (C=O) groups excluding carboxylic acids is 1. The molecule has 2 saturated heterocycles. The number of ether oxygens (including phenoxy) is 1. The monoisotopic (exact) mass is 394 g/mol. The van der Waals surface area contributed by atoms with Crippen molar-refractivity contribution in [3.63, 3.8) is 0 Å². The Hall–Kier alpha value is -2.47. The standard InChI is InChI=1S/C23H30N4O2/c1-16-11-17(2)25-23(24-16)27-10-9-20-19(14-27)15-29-21(20)12-22(28)26(3)13-18-7-5-4-6-8-18/h4-8,11,19-21H,9-10,12-15H2,1-3H3/t19-,20-,21+/m1/s1. The Morgan fingerprint density at radius 3 is 2.66 bits per heavy atom. The van der Waals surface area contributed by atoms with Gasteiger partial charge in [0.1, 0.15) is 0 Å². The second-order valence-electron chi connectivity index (χ2n) is 8.42. The molecule has 0 spiro atoms. The Morgan fingerprint density at radius 1 is 1.21 bits per heavy atom. The average Bonchev–Trinajstić information content (AvgIpc) is 3.10. The summed E-state index contributed by atoms with van der Waals surface area (Å²) >= 11 is 0. The van der Waals surface area contributed by atoms with Crippen LogP contribution in [0.2, 0.25) is 0 Å². The number of aromatic nitrogens is 2. The number of hydrogen-bond acceptors (Lipinski definition) is 5. The molecule has 0 unspecified atom stereocenters. The van der Waals surface area contributed by atoms with Gasteiger partial charge in [-0.25, -0.2) is 9.97 Å². The van der Waals surface area contributed by atoms with E-state index in [1.165, 1.54) is 0 Å². The van der Waals surface area contributed by atoms with Crippen molar-refractivity contribution in [2.75, 3.05) is 31.6 Å². The number of nitrogens with zero attached hydrogens (tertiary/aromatic N) is 4. The summed E-state index contributed by atoms with van der Waals surface area (Å²) in [7, 11) is 1.88. The van der Waals surface area contributed by atoms with E-state index in [2.05, 4.69) is 27.0 Å². The van der Waals surface area contributed by atoms with Crippen LogP contribution in [0, 0.1) is 25.7 Å². The number of anilines is 1. The lowest BCUT2D eigenvalue weighted by atomic mass is 9.83. The molecule has 1 aromatic heterocycles. The van der Waals surface area contributed by atoms with Crippen LogP contribution in [0.1, 0.15) is 29.8 Å². The van der Waals surface area contributed by atoms with Crippen LogP contribution in [0.4, 0.5) is 5.95 Å². The maximum absolute atomic E-state index is 12.8. The van der Waals surface area contributed by atoms with E-state index >= 15 is 0 Å². The van der Waals surface area contributed by atoms with Gasteiger partial charge in [0.05, 0.1) is 19.1 Å². The fourth-order valence-corrected chi connectivity index (χ4v) is 4.60. The Kier molecular flexibility index (Phi) is 5.81. The first kappa shape index (κ1) is 19.8. The molecule has 2 fully saturated rings. The van der Waals surface area contributed by atoms with Crippen LogP contribution in [0.15, 0.2) is 36.4 Å². The molecule has 0 N–H and O–H groups in total. The molecule has 6 nitrogen and oxygen atoms in total. The third kappa shape index (κ3) is 4.58. The Morgan fingerprint density at radius 2 is 1.93 bits per heavy atom. The van der Waals surface area contributed by atoms with Crippen molar-refractivity contribution in [2.24, 2.45) is 11.8 Å². The molecule has 0 saturated carbocycles. The molecule has 2 aromatic rings. The molecule has 1 aromatic carbocycles. The van der Waals surface area contributed by atoms with Crippen LogP contribution in [-0.4, -0.2) is 53.6 Å². The van der Waals surface area contributed by atoms with Crippen LogP contribution in [0.25, 0.3) is 0 Å². The Balaban J connectivity index is 1.34. The number of amides is 1. The van der Waals surface area contributed by atoms with E-state index in [0.29, 0.717) is 31.4 Å². The highest BCUT2D eigenvalue weighted by molar-refractivity contribution is 5.76. The minimum atomic E-state index is 0.0213. The van der Waals surface area contributed by atoms with Gasteiger partial charge >= 0.3 is 0 Å². The molecule has 3 heterocycles. The molecule has 0 bridgehead atoms. The Bertz CT molecular complexity index is 837. The minimum absolute atomic E-state index is 0.0213. The summed E-state index contributed by atoms with van der Waals surface area (Å²) in [5.74, 6) is 1.85. The van der Waals surface area contributed by atoms with E-state index in [1.807, 2.05) is 50.1 Å². The summed E-state index contributed by atoms with van der Waals surface area (Å²) in [6.45, 7) is 7.19. The summed E-state index contributed by atoms with van der Waals surface area (Å²) in [6, 6.07) is 12.1. The summed E-state index contributed by atoms with van der Waals surface area (Å²) in [5, 5.41) is 0. The summed E-state index contributed by atoms with van der Waals surface area (Å²) in [4.78, 5) is 26.1. The first-order valence-electron chi connectivity index (χ1n) is 10.5. The number of carbonyl (C=O) groups is 1. The van der Waals surface area contributed by atoms with Gasteiger partial charge in [0, 0.05) is 44.0 Å². The van der Waals surface area contributed by atoms with E-state index < -0.39 is 0 Å². The molecule has 2 aliphatic rings. The topological polar surface area (TPSA) is 58.6 Å². The molecular formula is C23H30N4O2. The van der Waals surface area contributed by atoms with E-state index in [0.717, 1.165) is 42.4 Å². The number of fused-ring (bicyclic) bond motifs is 1. The summed E-state index contributed by atoms with van der Waals surface area (Å²) < 4.78 is 6.09. The van der Waals surface area contributed by atoms with Crippen LogP contribution in [-0.2, 0) is 16.1 Å².